The summed E-state index contributed by atoms with van der Waals surface area (Å²) in [6.07, 6.45) is 1.44. The smallest absolute Gasteiger partial charge is 0.422 e. The zero-order chi connectivity index (χ0) is 13.4. The van der Waals surface area contributed by atoms with Crippen molar-refractivity contribution in [3.8, 4) is 5.75 Å². The predicted molar refractivity (Wildman–Crippen MR) is 65.8 cm³/mol. The van der Waals surface area contributed by atoms with E-state index in [-0.39, 0.29) is 5.75 Å². The molecule has 18 heavy (non-hydrogen) atoms. The van der Waals surface area contributed by atoms with E-state index in [9.17, 15) is 13.2 Å². The van der Waals surface area contributed by atoms with Gasteiger partial charge in [0.05, 0.1) is 0 Å². The van der Waals surface area contributed by atoms with E-state index in [2.05, 4.69) is 11.7 Å². The van der Waals surface area contributed by atoms with Crippen molar-refractivity contribution in [2.75, 3.05) is 6.61 Å². The zero-order valence-corrected chi connectivity index (χ0v) is 10.6. The van der Waals surface area contributed by atoms with Gasteiger partial charge >= 0.3 is 6.18 Å². The zero-order valence-electron chi connectivity index (χ0n) is 10.6. The number of hydrogen-bond acceptors (Lipinski definition) is 1. The van der Waals surface area contributed by atoms with Crippen LogP contribution >= 0.6 is 0 Å². The third-order valence-corrected chi connectivity index (χ3v) is 2.64. The van der Waals surface area contributed by atoms with Crippen LogP contribution in [0.15, 0.2) is 24.3 Å². The highest BCUT2D eigenvalue weighted by Gasteiger charge is 2.28. The molecule has 0 saturated heterocycles. The average Bonchev–Trinajstić information content (AvgIpc) is 2.33. The van der Waals surface area contributed by atoms with Crippen LogP contribution in [-0.4, -0.2) is 12.8 Å². The van der Waals surface area contributed by atoms with E-state index < -0.39 is 12.8 Å². The first-order valence-corrected chi connectivity index (χ1v) is 6.30. The summed E-state index contributed by atoms with van der Waals surface area (Å²) >= 11 is 0. The number of halogens is 3. The highest BCUT2D eigenvalue weighted by molar-refractivity contribution is 5.27. The minimum atomic E-state index is -4.28. The van der Waals surface area contributed by atoms with Gasteiger partial charge in [-0.15, -0.1) is 0 Å². The molecule has 0 N–H and O–H groups in total. The molecule has 0 saturated carbocycles. The van der Waals surface area contributed by atoms with Crippen LogP contribution in [0.1, 0.15) is 38.2 Å². The standard InChI is InChI=1S/C14H19F3O/c1-2-3-4-5-6-12-7-9-13(10-8-12)18-11-14(15,16)17/h7-10H,2-6,11H2,1H3. The van der Waals surface area contributed by atoms with Crippen LogP contribution in [0.3, 0.4) is 0 Å². The number of hydrogen-bond donors (Lipinski definition) is 0. The fourth-order valence-corrected chi connectivity index (χ4v) is 1.67. The van der Waals surface area contributed by atoms with E-state index in [1.54, 1.807) is 12.1 Å². The molecule has 0 spiro atoms. The molecule has 1 rings (SSSR count). The van der Waals surface area contributed by atoms with Gasteiger partial charge in [0.15, 0.2) is 6.61 Å². The third kappa shape index (κ3) is 6.52. The molecule has 4 heteroatoms. The van der Waals surface area contributed by atoms with Crippen LogP contribution in [0.5, 0.6) is 5.75 Å². The Morgan fingerprint density at radius 1 is 1.00 bits per heavy atom. The topological polar surface area (TPSA) is 9.23 Å². The van der Waals surface area contributed by atoms with Crippen molar-refractivity contribution >= 4 is 0 Å². The van der Waals surface area contributed by atoms with Crippen molar-refractivity contribution in [3.63, 3.8) is 0 Å². The summed E-state index contributed by atoms with van der Waals surface area (Å²) in [5, 5.41) is 0. The lowest BCUT2D eigenvalue weighted by Gasteiger charge is -2.09. The number of ether oxygens (including phenoxy) is 1. The van der Waals surface area contributed by atoms with Gasteiger partial charge in [-0.05, 0) is 30.5 Å². The Morgan fingerprint density at radius 3 is 2.22 bits per heavy atom. The lowest BCUT2D eigenvalue weighted by atomic mass is 10.1. The molecule has 0 bridgehead atoms. The lowest BCUT2D eigenvalue weighted by molar-refractivity contribution is -0.153. The Morgan fingerprint density at radius 2 is 1.67 bits per heavy atom. The Bertz CT molecular complexity index is 330. The maximum atomic E-state index is 11.9. The molecule has 1 aromatic rings. The molecule has 0 atom stereocenters. The second-order valence-corrected chi connectivity index (χ2v) is 4.36. The Labute approximate surface area is 106 Å². The van der Waals surface area contributed by atoms with Crippen LogP contribution in [0.25, 0.3) is 0 Å². The van der Waals surface area contributed by atoms with Gasteiger partial charge in [-0.1, -0.05) is 38.3 Å². The molecular formula is C14H19F3O. The second kappa shape index (κ2) is 7.29. The first-order valence-electron chi connectivity index (χ1n) is 6.30. The van der Waals surface area contributed by atoms with Crippen LogP contribution in [0.2, 0.25) is 0 Å². The molecule has 0 aromatic heterocycles. The van der Waals surface area contributed by atoms with Gasteiger partial charge in [0, 0.05) is 0 Å². The van der Waals surface area contributed by atoms with Crippen molar-refractivity contribution in [1.29, 1.82) is 0 Å². The molecule has 0 aliphatic heterocycles. The Kier molecular flexibility index (Phi) is 6.02. The normalized spacial score (nSPS) is 11.6. The third-order valence-electron chi connectivity index (χ3n) is 2.64. The summed E-state index contributed by atoms with van der Waals surface area (Å²) in [7, 11) is 0. The summed E-state index contributed by atoms with van der Waals surface area (Å²) in [5.41, 5.74) is 1.14. The Balaban J connectivity index is 2.33. The molecule has 1 aromatic carbocycles. The fraction of sp³-hybridized carbons (Fsp3) is 0.571. The highest BCUT2D eigenvalue weighted by Crippen LogP contribution is 2.19. The molecule has 0 fully saturated rings. The van der Waals surface area contributed by atoms with Crippen LogP contribution in [0.4, 0.5) is 13.2 Å². The van der Waals surface area contributed by atoms with Crippen LogP contribution in [-0.2, 0) is 6.42 Å². The van der Waals surface area contributed by atoms with Gasteiger partial charge in [0.2, 0.25) is 0 Å². The number of benzene rings is 1. The average molecular weight is 260 g/mol. The molecule has 0 unspecified atom stereocenters. The van der Waals surface area contributed by atoms with E-state index in [0.29, 0.717) is 0 Å². The van der Waals surface area contributed by atoms with Crippen molar-refractivity contribution in [3.05, 3.63) is 29.8 Å². The number of rotatable bonds is 7. The van der Waals surface area contributed by atoms with Crippen molar-refractivity contribution < 1.29 is 17.9 Å². The number of alkyl halides is 3. The highest BCUT2D eigenvalue weighted by atomic mass is 19.4. The largest absolute Gasteiger partial charge is 0.484 e. The van der Waals surface area contributed by atoms with Gasteiger partial charge < -0.3 is 4.74 Å². The molecule has 0 heterocycles. The fourth-order valence-electron chi connectivity index (χ4n) is 1.67. The quantitative estimate of drug-likeness (QED) is 0.643. The van der Waals surface area contributed by atoms with Gasteiger partial charge in [-0.2, -0.15) is 13.2 Å². The van der Waals surface area contributed by atoms with Crippen LogP contribution in [0, 0.1) is 0 Å². The lowest BCUT2D eigenvalue weighted by Crippen LogP contribution is -2.19. The van der Waals surface area contributed by atoms with E-state index in [1.165, 1.54) is 19.3 Å². The SMILES string of the molecule is CCCCCCc1ccc(OCC(F)(F)F)cc1. The first kappa shape index (κ1) is 14.9. The van der Waals surface area contributed by atoms with E-state index in [0.717, 1.165) is 18.4 Å². The van der Waals surface area contributed by atoms with Gasteiger partial charge in [-0.25, -0.2) is 0 Å². The second-order valence-electron chi connectivity index (χ2n) is 4.36. The van der Waals surface area contributed by atoms with E-state index >= 15 is 0 Å². The summed E-state index contributed by atoms with van der Waals surface area (Å²) in [4.78, 5) is 0. The van der Waals surface area contributed by atoms with E-state index in [1.807, 2.05) is 12.1 Å². The first-order chi connectivity index (χ1) is 8.51. The summed E-state index contributed by atoms with van der Waals surface area (Å²) in [6.45, 7) is 0.926. The maximum absolute atomic E-state index is 11.9. The van der Waals surface area contributed by atoms with Gasteiger partial charge in [0.25, 0.3) is 0 Å². The summed E-state index contributed by atoms with van der Waals surface area (Å²) in [6, 6.07) is 6.86. The molecule has 0 aliphatic carbocycles. The van der Waals surface area contributed by atoms with Gasteiger partial charge in [0.1, 0.15) is 5.75 Å². The van der Waals surface area contributed by atoms with Crippen LogP contribution < -0.4 is 4.74 Å². The number of unbranched alkanes of at least 4 members (excludes halogenated alkanes) is 3. The summed E-state index contributed by atoms with van der Waals surface area (Å²) in [5.74, 6) is 0.268. The monoisotopic (exact) mass is 260 g/mol. The minimum Gasteiger partial charge on any atom is -0.484 e. The molecular weight excluding hydrogens is 241 g/mol. The van der Waals surface area contributed by atoms with Crippen molar-refractivity contribution in [2.24, 2.45) is 0 Å². The van der Waals surface area contributed by atoms with Crippen molar-refractivity contribution in [2.45, 2.75) is 45.2 Å². The molecule has 102 valence electrons. The number of aryl methyl sites for hydroxylation is 1. The molecule has 0 radical (unpaired) electrons. The van der Waals surface area contributed by atoms with Gasteiger partial charge in [-0.3, -0.25) is 0 Å². The summed E-state index contributed by atoms with van der Waals surface area (Å²) < 4.78 is 40.4. The molecule has 0 aliphatic rings. The molecule has 0 amide bonds. The van der Waals surface area contributed by atoms with Crippen molar-refractivity contribution in [1.82, 2.24) is 0 Å². The Hall–Kier alpha value is -1.19. The maximum Gasteiger partial charge on any atom is 0.422 e. The van der Waals surface area contributed by atoms with E-state index in [4.69, 9.17) is 0 Å². The molecule has 1 nitrogen and oxygen atoms in total. The predicted octanol–water partition coefficient (Wildman–Crippen LogP) is 4.75. The minimum absolute atomic E-state index is 0.268.